The summed E-state index contributed by atoms with van der Waals surface area (Å²) in [6.07, 6.45) is 12.4. The predicted octanol–water partition coefficient (Wildman–Crippen LogP) is 10.3. The van der Waals surface area contributed by atoms with Crippen LogP contribution in [0.1, 0.15) is 31.8 Å². The van der Waals surface area contributed by atoms with Crippen LogP contribution in [-0.2, 0) is 34.6 Å². The normalized spacial score (nSPS) is 12.3. The van der Waals surface area contributed by atoms with Crippen LogP contribution in [0.4, 0.5) is 37.3 Å². The molecule has 106 heavy (non-hydrogen) atoms. The summed E-state index contributed by atoms with van der Waals surface area (Å²) in [4.78, 5) is 95.0. The molecule has 9 aromatic rings. The van der Waals surface area contributed by atoms with Gasteiger partial charge >= 0.3 is 50.5 Å². The van der Waals surface area contributed by atoms with Crippen molar-refractivity contribution in [3.63, 3.8) is 0 Å². The van der Waals surface area contributed by atoms with Crippen LogP contribution in [0.5, 0.6) is 17.2 Å². The Labute approximate surface area is 690 Å². The van der Waals surface area contributed by atoms with Gasteiger partial charge in [-0.05, 0) is 176 Å². The van der Waals surface area contributed by atoms with Crippen molar-refractivity contribution in [2.45, 2.75) is 11.7 Å². The molecular weight excluding hydrogens is 1910 g/mol. The predicted molar refractivity (Wildman–Crippen MR) is 442 cm³/mol. The number of halogens is 6. The van der Waals surface area contributed by atoms with Crippen LogP contribution in [0, 0.1) is 5.82 Å². The van der Waals surface area contributed by atoms with Crippen LogP contribution in [0.25, 0.3) is 6.08 Å². The molecule has 2 aliphatic rings. The number of likely N-dealkylation sites (N-methyl/N-ethyl adjacent to an activating group) is 5. The summed E-state index contributed by atoms with van der Waals surface area (Å²) >= 11 is 12.7. The number of aliphatic hydroxyl groups is 2. The topological polar surface area (TPSA) is 284 Å². The average Bonchev–Trinajstić information content (AvgIpc) is 1.70. The van der Waals surface area contributed by atoms with Gasteiger partial charge < -0.3 is 49.3 Å². The Bertz CT molecular complexity index is 3910. The third kappa shape index (κ3) is 40.7. The first-order valence-electron chi connectivity index (χ1n) is 31.8. The zero-order chi connectivity index (χ0) is 75.5. The minimum Gasteiger partial charge on any atom is -0.298 e. The molecule has 32 heteroatoms. The first-order valence-corrected chi connectivity index (χ1v) is 46.5. The van der Waals surface area contributed by atoms with Gasteiger partial charge in [0.15, 0.2) is 0 Å². The smallest absolute Gasteiger partial charge is 0.150 e. The number of hydrogen-bond acceptors (Lipinski definition) is 23. The van der Waals surface area contributed by atoms with Crippen molar-refractivity contribution in [1.29, 1.82) is 0 Å². The maximum absolute atomic E-state index is 12.1. The van der Waals surface area contributed by atoms with Crippen molar-refractivity contribution in [3.05, 3.63) is 257 Å². The number of rotatable bonds is 25. The van der Waals surface area contributed by atoms with E-state index in [0.717, 1.165) is 94.5 Å². The van der Waals surface area contributed by atoms with Gasteiger partial charge in [-0.25, -0.2) is 29.3 Å². The summed E-state index contributed by atoms with van der Waals surface area (Å²) in [5.74, 6) is 5.01. The third-order valence-corrected chi connectivity index (χ3v) is 15.6. The number of imide groups is 2. The van der Waals surface area contributed by atoms with Gasteiger partial charge in [-0.3, -0.25) is 39.4 Å². The van der Waals surface area contributed by atoms with Gasteiger partial charge in [-0.2, -0.15) is 0 Å². The molecule has 2 fully saturated rings. The molecule has 5 N–H and O–H groups in total. The van der Waals surface area contributed by atoms with Crippen molar-refractivity contribution in [2.24, 2.45) is 0 Å². The summed E-state index contributed by atoms with van der Waals surface area (Å²) in [5.41, 5.74) is 2.99. The molecule has 0 bridgehead atoms. The van der Waals surface area contributed by atoms with Gasteiger partial charge in [0.2, 0.25) is 5.91 Å². The fourth-order valence-electron chi connectivity index (χ4n) is 8.16. The van der Waals surface area contributed by atoms with E-state index in [1.54, 1.807) is 74.4 Å². The fourth-order valence-corrected chi connectivity index (χ4v) is 9.83. The van der Waals surface area contributed by atoms with Crippen molar-refractivity contribution < 1.29 is 89.4 Å². The Morgan fingerprint density at radius 3 is 1.21 bits per heavy atom. The summed E-state index contributed by atoms with van der Waals surface area (Å²) in [6.45, 7) is 5.52. The number of nitrogens with zero attached hydrogens (tertiary/aromatic N) is 9. The molecule has 1 radical (unpaired) electrons. The SMILES string of the molecule is CN(CCO)c1ccccn1.CN(CCOc1ccc(/C=C2\SC(=O)NC2=O)cc1)c1ccccn1.CN(CCOc1ccc(C=O)cc1)c1ccccn1.CN(CCOc1ccc(CC2SC(=O)NC2=O)cc1)c1ccccn1.CNCCO.Clc1ccccn1.I.I[I-]I.O=Cc1ccc(F)cc1.[V]. The molecule has 1 unspecified atom stereocenters. The van der Waals surface area contributed by atoms with Crippen LogP contribution in [0.15, 0.2) is 224 Å². The van der Waals surface area contributed by atoms with Crippen LogP contribution in [0.3, 0.4) is 0 Å². The number of aldehydes is 2. The number of carbonyl (C=O) groups is 6. The summed E-state index contributed by atoms with van der Waals surface area (Å²) in [7, 11) is 9.61. The van der Waals surface area contributed by atoms with Gasteiger partial charge in [-0.15, -0.1) is 24.0 Å². The van der Waals surface area contributed by atoms with E-state index in [9.17, 15) is 33.2 Å². The van der Waals surface area contributed by atoms with Crippen LogP contribution in [0.2, 0.25) is 5.15 Å². The summed E-state index contributed by atoms with van der Waals surface area (Å²) in [5, 5.41) is 23.5. The Kier molecular flexibility index (Phi) is 52.0. The molecule has 4 aromatic carbocycles. The second-order valence-corrected chi connectivity index (χ2v) is 40.1. The molecule has 0 saturated carbocycles. The Hall–Kier alpha value is -7.11. The van der Waals surface area contributed by atoms with E-state index in [0.29, 0.717) is 86.6 Å². The average molecular weight is 1990 g/mol. The van der Waals surface area contributed by atoms with Crippen molar-refractivity contribution in [3.8, 4) is 17.2 Å². The quantitative estimate of drug-likeness (QED) is 0.0154. The number of benzene rings is 4. The summed E-state index contributed by atoms with van der Waals surface area (Å²) in [6, 6.07) is 55.9. The Balaban J connectivity index is 0.000000440. The number of pyridine rings is 5. The largest absolute Gasteiger partial charge is 0.298 e. The van der Waals surface area contributed by atoms with E-state index in [-0.39, 0.29) is 89.1 Å². The summed E-state index contributed by atoms with van der Waals surface area (Å²) < 4.78 is 29.2. The second-order valence-electron chi connectivity index (χ2n) is 21.2. The number of aliphatic hydroxyl groups excluding tert-OH is 2. The Morgan fingerprint density at radius 1 is 0.538 bits per heavy atom. The number of nitrogens with one attached hydrogen (secondary N) is 3. The van der Waals surface area contributed by atoms with E-state index >= 15 is 0 Å². The minimum atomic E-state index is -0.354. The fraction of sp³-hybridized carbons (Fsp3) is 0.230. The van der Waals surface area contributed by atoms with Crippen molar-refractivity contribution in [1.82, 2.24) is 40.9 Å². The standard InChI is InChI=1S/C18H19N3O3S.C18H17N3O3S.C15H16N2O2.C8H12N2O.C7H5FO.C5H4ClN.C3H9NO.I3.HI.V/c2*1-21(16-4-2-3-9-19-16)10-11-24-14-7-5-13(6-8-14)12-15-17(22)20-18(23)25-15;1-17(15-4-2-3-9-16-15)10-11-19-14-7-5-13(12-18)6-8-14;1-10(6-7-11)8-4-2-3-5-9-8;8-7-3-1-6(5-9)2-4-7;6-5-3-1-2-4-7-5;1-4-2-3-5;1-3-2;;/h2-9,15H,10-12H2,1H3,(H,20,22,23);2-9,12H,10-11H2,1H3,(H,20,22,23);2-9,12H,10-11H2,1H3;2-5,11H,6-7H2,1H3;1-5H;1-4H;4-5H,2-3H2,1H3;;1H;/q;;;;;;;-1;;/b;15-12-;;;;;;;;. The van der Waals surface area contributed by atoms with Gasteiger partial charge in [0.1, 0.15) is 83.9 Å². The first kappa shape index (κ1) is 95.0. The number of hydrogen-bond donors (Lipinski definition) is 5. The third-order valence-electron chi connectivity index (χ3n) is 13.6. The van der Waals surface area contributed by atoms with E-state index < -0.39 is 0 Å². The number of carbonyl (C=O) groups excluding carboxylic acids is 6. The zero-order valence-corrected chi connectivity index (χ0v) is 71.1. The van der Waals surface area contributed by atoms with Crippen LogP contribution in [-0.4, -0.2) is 176 Å². The van der Waals surface area contributed by atoms with E-state index in [4.69, 9.17) is 36.0 Å². The Morgan fingerprint density at radius 2 is 0.915 bits per heavy atom. The van der Waals surface area contributed by atoms with Gasteiger partial charge in [0.05, 0.1) is 43.0 Å². The molecule has 0 aliphatic carbocycles. The molecule has 4 amide bonds. The molecule has 11 rings (SSSR count). The van der Waals surface area contributed by atoms with E-state index in [2.05, 4.69) is 78.1 Å². The van der Waals surface area contributed by atoms with E-state index in [1.165, 1.54) is 24.3 Å². The maximum Gasteiger partial charge on any atom is 0.150 e. The molecule has 5 aromatic heterocycles. The van der Waals surface area contributed by atoms with Gasteiger partial charge in [-0.1, -0.05) is 78.0 Å². The monoisotopic (exact) mass is 1990 g/mol. The minimum absolute atomic E-state index is 0. The van der Waals surface area contributed by atoms with E-state index in [1.807, 2.05) is 181 Å². The number of amides is 4. The zero-order valence-electron chi connectivity index (χ0n) is 58.5. The first-order chi connectivity index (χ1) is 50.4. The molecule has 2 aliphatic heterocycles. The van der Waals surface area contributed by atoms with Crippen molar-refractivity contribution in [2.75, 3.05) is 121 Å². The maximum atomic E-state index is 12.1. The van der Waals surface area contributed by atoms with Gasteiger partial charge in [0.25, 0.3) is 16.4 Å². The van der Waals surface area contributed by atoms with Gasteiger partial charge in [0, 0.05) is 102 Å². The van der Waals surface area contributed by atoms with Crippen LogP contribution >= 0.6 is 96.3 Å². The molecule has 1 atom stereocenters. The number of thioether (sulfide) groups is 2. The number of aromatic nitrogens is 5. The molecule has 565 valence electrons. The molecule has 23 nitrogen and oxygen atoms in total. The molecule has 2 saturated heterocycles. The second kappa shape index (κ2) is 58.0. The molecule has 7 heterocycles. The molecular formula is C74H83ClFI4N12O11S2V-. The number of anilines is 4. The number of ether oxygens (including phenoxy) is 3. The molecule has 0 spiro atoms. The van der Waals surface area contributed by atoms with Crippen molar-refractivity contribution >= 4 is 161 Å². The van der Waals surface area contributed by atoms with Crippen LogP contribution < -0.4 is 63.0 Å².